The van der Waals surface area contributed by atoms with Crippen molar-refractivity contribution in [2.24, 2.45) is 0 Å². The molecule has 0 saturated carbocycles. The quantitative estimate of drug-likeness (QED) is 0.550. The minimum Gasteiger partial charge on any atom is -0.501 e. The molecule has 0 atom stereocenters. The van der Waals surface area contributed by atoms with Crippen molar-refractivity contribution in [2.75, 3.05) is 7.11 Å². The molecule has 0 saturated heterocycles. The van der Waals surface area contributed by atoms with Crippen LogP contribution in [0.1, 0.15) is 16.1 Å². The zero-order valence-electron chi connectivity index (χ0n) is 14.6. The summed E-state index contributed by atoms with van der Waals surface area (Å²) in [7, 11) is 1.52. The fourth-order valence-electron chi connectivity index (χ4n) is 2.84. The van der Waals surface area contributed by atoms with Crippen molar-refractivity contribution in [3.05, 3.63) is 69.9 Å². The third-order valence-electron chi connectivity index (χ3n) is 4.22. The molecular formula is C19H14FN3O4S. The molecule has 0 fully saturated rings. The van der Waals surface area contributed by atoms with Crippen LogP contribution in [0.15, 0.2) is 47.3 Å². The van der Waals surface area contributed by atoms with E-state index in [1.807, 2.05) is 0 Å². The van der Waals surface area contributed by atoms with Crippen LogP contribution in [0.4, 0.5) is 4.39 Å². The third kappa shape index (κ3) is 2.95. The Hall–Kier alpha value is -3.46. The molecule has 2 N–H and O–H groups in total. The molecule has 0 aliphatic rings. The summed E-state index contributed by atoms with van der Waals surface area (Å²) in [5.41, 5.74) is 0.0955. The molecule has 1 amide bonds. The topological polar surface area (TPSA) is 92.9 Å². The first-order valence-corrected chi connectivity index (χ1v) is 9.05. The molecule has 0 unspecified atom stereocenters. The van der Waals surface area contributed by atoms with E-state index in [4.69, 9.17) is 4.74 Å². The van der Waals surface area contributed by atoms with Gasteiger partial charge in [0.05, 0.1) is 17.3 Å². The van der Waals surface area contributed by atoms with E-state index in [2.05, 4.69) is 10.3 Å². The number of aromatic nitrogens is 2. The number of amides is 1. The molecule has 0 bridgehead atoms. The monoisotopic (exact) mass is 399 g/mol. The number of thiazole rings is 1. The van der Waals surface area contributed by atoms with Crippen molar-refractivity contribution < 1.29 is 19.0 Å². The fraction of sp³-hybridized carbons (Fsp3) is 0.105. The molecule has 4 aromatic rings. The second kappa shape index (κ2) is 6.93. The lowest BCUT2D eigenvalue weighted by Crippen LogP contribution is -2.27. The Bertz CT molecular complexity index is 1260. The van der Waals surface area contributed by atoms with Gasteiger partial charge in [-0.25, -0.2) is 13.8 Å². The Morgan fingerprint density at radius 1 is 1.29 bits per heavy atom. The van der Waals surface area contributed by atoms with Gasteiger partial charge in [-0.2, -0.15) is 0 Å². The maximum absolute atomic E-state index is 13.0. The first kappa shape index (κ1) is 17.9. The van der Waals surface area contributed by atoms with Crippen LogP contribution in [0.5, 0.6) is 11.5 Å². The van der Waals surface area contributed by atoms with E-state index in [0.717, 1.165) is 0 Å². The van der Waals surface area contributed by atoms with E-state index in [9.17, 15) is 19.1 Å². The Morgan fingerprint density at radius 2 is 2.04 bits per heavy atom. The largest absolute Gasteiger partial charge is 0.501 e. The number of hydrogen-bond donors (Lipinski definition) is 2. The van der Waals surface area contributed by atoms with E-state index < -0.39 is 17.2 Å². The molecule has 2 aromatic carbocycles. The van der Waals surface area contributed by atoms with E-state index >= 15 is 0 Å². The van der Waals surface area contributed by atoms with Crippen molar-refractivity contribution in [2.45, 2.75) is 6.54 Å². The van der Waals surface area contributed by atoms with Gasteiger partial charge in [-0.05, 0) is 29.8 Å². The molecule has 28 heavy (non-hydrogen) atoms. The van der Waals surface area contributed by atoms with Crippen LogP contribution in [0.3, 0.4) is 0 Å². The van der Waals surface area contributed by atoms with Gasteiger partial charge in [0, 0.05) is 6.54 Å². The van der Waals surface area contributed by atoms with E-state index in [1.54, 1.807) is 18.2 Å². The highest BCUT2D eigenvalue weighted by Crippen LogP contribution is 2.33. The van der Waals surface area contributed by atoms with Gasteiger partial charge in [-0.3, -0.25) is 9.59 Å². The third-order valence-corrected chi connectivity index (χ3v) is 5.29. The molecule has 7 nitrogen and oxygen atoms in total. The minimum absolute atomic E-state index is 0.0971. The van der Waals surface area contributed by atoms with Gasteiger partial charge in [-0.15, -0.1) is 0 Å². The number of aromatic hydroxyl groups is 1. The van der Waals surface area contributed by atoms with Gasteiger partial charge >= 0.3 is 5.56 Å². The highest BCUT2D eigenvalue weighted by molar-refractivity contribution is 7.24. The van der Waals surface area contributed by atoms with E-state index in [-0.39, 0.29) is 23.0 Å². The molecule has 2 heterocycles. The molecule has 2 aromatic heterocycles. The average molecular weight is 399 g/mol. The zero-order valence-corrected chi connectivity index (χ0v) is 15.4. The lowest BCUT2D eigenvalue weighted by atomic mass is 10.2. The first-order valence-electron chi connectivity index (χ1n) is 8.23. The highest BCUT2D eigenvalue weighted by Gasteiger charge is 2.21. The van der Waals surface area contributed by atoms with Gasteiger partial charge in [-0.1, -0.05) is 29.5 Å². The summed E-state index contributed by atoms with van der Waals surface area (Å²) in [6.45, 7) is 0.0971. The standard InChI is InChI=1S/C19H14FN3O4S/c1-27-13-4-2-3-12-16(13)28-19-22-14(15(24)18(26)23(12)19)17(25)21-9-10-5-7-11(20)8-6-10/h2-8,24H,9H2,1H3,(H,21,25). The molecule has 0 aliphatic carbocycles. The van der Waals surface area contributed by atoms with Crippen molar-refractivity contribution in [3.63, 3.8) is 0 Å². The van der Waals surface area contributed by atoms with Crippen LogP contribution < -0.4 is 15.6 Å². The zero-order chi connectivity index (χ0) is 19.8. The number of rotatable bonds is 4. The summed E-state index contributed by atoms with van der Waals surface area (Å²) in [6.07, 6.45) is 0. The molecular weight excluding hydrogens is 385 g/mol. The smallest absolute Gasteiger partial charge is 0.302 e. The molecule has 0 spiro atoms. The predicted octanol–water partition coefficient (Wildman–Crippen LogP) is 2.69. The predicted molar refractivity (Wildman–Crippen MR) is 103 cm³/mol. The number of ether oxygens (including phenoxy) is 1. The van der Waals surface area contributed by atoms with E-state index in [0.29, 0.717) is 21.5 Å². The average Bonchev–Trinajstić information content (AvgIpc) is 3.08. The second-order valence-corrected chi connectivity index (χ2v) is 6.93. The van der Waals surface area contributed by atoms with Gasteiger partial charge in [0.25, 0.3) is 5.91 Å². The normalized spacial score (nSPS) is 11.1. The number of benzene rings is 2. The summed E-state index contributed by atoms with van der Waals surface area (Å²) in [4.78, 5) is 29.6. The van der Waals surface area contributed by atoms with Gasteiger partial charge < -0.3 is 15.2 Å². The number of fused-ring (bicyclic) bond motifs is 3. The van der Waals surface area contributed by atoms with Crippen LogP contribution in [-0.4, -0.2) is 27.5 Å². The maximum atomic E-state index is 13.0. The second-order valence-electron chi connectivity index (χ2n) is 5.95. The molecule has 4 rings (SSSR count). The van der Waals surface area contributed by atoms with Crippen molar-refractivity contribution in [3.8, 4) is 11.5 Å². The highest BCUT2D eigenvalue weighted by atomic mass is 32.1. The number of nitrogens with one attached hydrogen (secondary N) is 1. The lowest BCUT2D eigenvalue weighted by molar-refractivity contribution is 0.0943. The molecule has 0 radical (unpaired) electrons. The van der Waals surface area contributed by atoms with Crippen LogP contribution in [-0.2, 0) is 6.54 Å². The van der Waals surface area contributed by atoms with Crippen molar-refractivity contribution >= 4 is 32.4 Å². The Morgan fingerprint density at radius 3 is 2.75 bits per heavy atom. The number of halogens is 1. The van der Waals surface area contributed by atoms with Gasteiger partial charge in [0.2, 0.25) is 5.75 Å². The summed E-state index contributed by atoms with van der Waals surface area (Å²) < 4.78 is 20.2. The maximum Gasteiger partial charge on any atom is 0.302 e. The minimum atomic E-state index is -0.739. The number of carbonyl (C=O) groups is 1. The summed E-state index contributed by atoms with van der Waals surface area (Å²) in [5.74, 6) is -1.26. The summed E-state index contributed by atoms with van der Waals surface area (Å²) >= 11 is 1.18. The number of nitrogens with zero attached hydrogens (tertiary/aromatic N) is 2. The number of carbonyl (C=O) groups excluding carboxylic acids is 1. The molecule has 9 heteroatoms. The Labute approximate surface area is 161 Å². The van der Waals surface area contributed by atoms with Crippen LogP contribution in [0.2, 0.25) is 0 Å². The van der Waals surface area contributed by atoms with Crippen molar-refractivity contribution in [1.29, 1.82) is 0 Å². The van der Waals surface area contributed by atoms with Crippen LogP contribution >= 0.6 is 11.3 Å². The van der Waals surface area contributed by atoms with Gasteiger partial charge in [0.1, 0.15) is 11.6 Å². The molecule has 142 valence electrons. The SMILES string of the molecule is COc1cccc2c1sc1nc(C(=O)NCc3ccc(F)cc3)c(O)c(=O)n12. The summed E-state index contributed by atoms with van der Waals surface area (Å²) in [5, 5.41) is 12.8. The first-order chi connectivity index (χ1) is 13.5. The van der Waals surface area contributed by atoms with Crippen LogP contribution in [0, 0.1) is 5.82 Å². The van der Waals surface area contributed by atoms with Crippen LogP contribution in [0.25, 0.3) is 15.2 Å². The number of methoxy groups -OCH3 is 1. The lowest BCUT2D eigenvalue weighted by Gasteiger charge is -2.07. The number of hydrogen-bond acceptors (Lipinski definition) is 6. The van der Waals surface area contributed by atoms with Crippen molar-refractivity contribution in [1.82, 2.24) is 14.7 Å². The summed E-state index contributed by atoms with van der Waals surface area (Å²) in [6, 6.07) is 10.8. The Kier molecular flexibility index (Phi) is 4.44. The molecule has 0 aliphatic heterocycles. The Balaban J connectivity index is 1.74. The van der Waals surface area contributed by atoms with Gasteiger partial charge in [0.15, 0.2) is 10.7 Å². The fourth-order valence-corrected chi connectivity index (χ4v) is 3.94. The van der Waals surface area contributed by atoms with E-state index in [1.165, 1.54) is 47.1 Å².